The predicted molar refractivity (Wildman–Crippen MR) is 91.6 cm³/mol. The van der Waals surface area contributed by atoms with Crippen molar-refractivity contribution in [2.45, 2.75) is 25.1 Å². The van der Waals surface area contributed by atoms with E-state index in [9.17, 15) is 18.0 Å². The summed E-state index contributed by atoms with van der Waals surface area (Å²) in [6.07, 6.45) is 0.851. The largest absolute Gasteiger partial charge is 0.490 e. The lowest BCUT2D eigenvalue weighted by molar-refractivity contribution is -0.192. The third-order valence-electron chi connectivity index (χ3n) is 5.42. The summed E-state index contributed by atoms with van der Waals surface area (Å²) in [6.45, 7) is 4.55. The number of carboxylic acid groups (broad SMARTS) is 1. The number of halogens is 3. The Labute approximate surface area is 159 Å². The number of carboxylic acids is 1. The summed E-state index contributed by atoms with van der Waals surface area (Å²) >= 11 is 0. The van der Waals surface area contributed by atoms with Gasteiger partial charge in [-0.3, -0.25) is 14.4 Å². The Balaban J connectivity index is 0.000000279. The van der Waals surface area contributed by atoms with Crippen molar-refractivity contribution in [1.29, 1.82) is 0 Å². The molecule has 1 amide bonds. The molecule has 156 valence electrons. The Morgan fingerprint density at radius 2 is 1.89 bits per heavy atom. The summed E-state index contributed by atoms with van der Waals surface area (Å²) in [5, 5.41) is 11.3. The highest BCUT2D eigenvalue weighted by molar-refractivity contribution is 5.97. The van der Waals surface area contributed by atoms with E-state index in [0.29, 0.717) is 12.0 Å². The number of aromatic nitrogens is 2. The minimum absolute atomic E-state index is 0.174. The number of carbonyl (C=O) groups excluding carboxylic acids is 1. The first-order chi connectivity index (χ1) is 13.2. The lowest BCUT2D eigenvalue weighted by atomic mass is 10.0. The zero-order chi connectivity index (χ0) is 20.5. The molecule has 2 atom stereocenters. The maximum atomic E-state index is 12.7. The minimum atomic E-state index is -5.08. The average Bonchev–Trinajstić information content (AvgIpc) is 3.32. The normalized spacial score (nSPS) is 26.1. The molecular formula is C17H23F3N4O4. The van der Waals surface area contributed by atoms with E-state index in [4.69, 9.17) is 14.6 Å². The van der Waals surface area contributed by atoms with Gasteiger partial charge in [0.15, 0.2) is 0 Å². The summed E-state index contributed by atoms with van der Waals surface area (Å²) in [5.74, 6) is -1.83. The molecule has 0 spiro atoms. The SMILES string of the molecule is Cn1cc(N2C[C@@H]3CN(C4CCOCC4)C[C@@H]3C2=O)cn1.O=C(O)C(F)(F)F. The molecule has 1 aromatic rings. The first-order valence-electron chi connectivity index (χ1n) is 9.08. The summed E-state index contributed by atoms with van der Waals surface area (Å²) in [5.41, 5.74) is 0.939. The molecule has 28 heavy (non-hydrogen) atoms. The molecule has 0 radical (unpaired) electrons. The van der Waals surface area contributed by atoms with Crippen LogP contribution >= 0.6 is 0 Å². The lowest BCUT2D eigenvalue weighted by Gasteiger charge is -2.32. The van der Waals surface area contributed by atoms with Gasteiger partial charge < -0.3 is 14.7 Å². The molecule has 4 rings (SSSR count). The highest BCUT2D eigenvalue weighted by Crippen LogP contribution is 2.36. The Bertz CT molecular complexity index is 718. The number of ether oxygens (including phenoxy) is 1. The molecule has 0 unspecified atom stereocenters. The minimum Gasteiger partial charge on any atom is -0.475 e. The zero-order valence-electron chi connectivity index (χ0n) is 15.4. The number of hydrogen-bond acceptors (Lipinski definition) is 5. The average molecular weight is 404 g/mol. The third-order valence-corrected chi connectivity index (χ3v) is 5.42. The van der Waals surface area contributed by atoms with Crippen LogP contribution in [0.4, 0.5) is 18.9 Å². The van der Waals surface area contributed by atoms with Crippen molar-refractivity contribution < 1.29 is 32.6 Å². The van der Waals surface area contributed by atoms with E-state index in [1.54, 1.807) is 10.9 Å². The van der Waals surface area contributed by atoms with Gasteiger partial charge in [0.1, 0.15) is 0 Å². The Kier molecular flexibility index (Phi) is 5.94. The third kappa shape index (κ3) is 4.46. The van der Waals surface area contributed by atoms with Gasteiger partial charge in [-0.25, -0.2) is 4.79 Å². The topological polar surface area (TPSA) is 87.9 Å². The van der Waals surface area contributed by atoms with Gasteiger partial charge in [-0.05, 0) is 12.8 Å². The van der Waals surface area contributed by atoms with Crippen LogP contribution in [0.25, 0.3) is 0 Å². The van der Waals surface area contributed by atoms with E-state index in [1.165, 1.54) is 0 Å². The van der Waals surface area contributed by atoms with E-state index in [-0.39, 0.29) is 11.8 Å². The number of rotatable bonds is 2. The highest BCUT2D eigenvalue weighted by Gasteiger charge is 2.48. The van der Waals surface area contributed by atoms with Gasteiger partial charge in [-0.2, -0.15) is 18.3 Å². The number of hydrogen-bond donors (Lipinski definition) is 1. The quantitative estimate of drug-likeness (QED) is 0.795. The van der Waals surface area contributed by atoms with E-state index in [1.807, 2.05) is 18.1 Å². The van der Waals surface area contributed by atoms with Gasteiger partial charge in [0.25, 0.3) is 0 Å². The van der Waals surface area contributed by atoms with Crippen molar-refractivity contribution in [2.24, 2.45) is 18.9 Å². The fourth-order valence-electron chi connectivity index (χ4n) is 4.02. The molecule has 11 heteroatoms. The smallest absolute Gasteiger partial charge is 0.475 e. The van der Waals surface area contributed by atoms with Crippen LogP contribution in [-0.4, -0.2) is 76.7 Å². The van der Waals surface area contributed by atoms with Crippen molar-refractivity contribution in [1.82, 2.24) is 14.7 Å². The van der Waals surface area contributed by atoms with Crippen molar-refractivity contribution in [3.8, 4) is 0 Å². The molecule has 0 bridgehead atoms. The molecule has 0 aliphatic carbocycles. The standard InChI is InChI=1S/C15H22N4O2.C2HF3O2/c1-17-9-13(6-16-17)19-8-11-7-18(10-14(11)15(19)20)12-2-4-21-5-3-12;3-2(4,5)1(6)7/h6,9,11-12,14H,2-5,7-8,10H2,1H3;(H,6,7)/t11-,14-;/m0./s1. The van der Waals surface area contributed by atoms with Crippen molar-refractivity contribution in [3.63, 3.8) is 0 Å². The summed E-state index contributed by atoms with van der Waals surface area (Å²) < 4.78 is 38.9. The van der Waals surface area contributed by atoms with Crippen molar-refractivity contribution in [2.75, 3.05) is 37.7 Å². The number of likely N-dealkylation sites (tertiary alicyclic amines) is 1. The van der Waals surface area contributed by atoms with Crippen molar-refractivity contribution >= 4 is 17.6 Å². The van der Waals surface area contributed by atoms with Crippen LogP contribution in [0, 0.1) is 11.8 Å². The predicted octanol–water partition coefficient (Wildman–Crippen LogP) is 1.13. The summed E-state index contributed by atoms with van der Waals surface area (Å²) in [4.78, 5) is 26.0. The molecule has 3 aliphatic heterocycles. The fraction of sp³-hybridized carbons (Fsp3) is 0.706. The van der Waals surface area contributed by atoms with Gasteiger partial charge in [-0.15, -0.1) is 0 Å². The molecule has 3 fully saturated rings. The van der Waals surface area contributed by atoms with Gasteiger partial charge in [0, 0.05) is 58.1 Å². The molecule has 3 aliphatic rings. The maximum absolute atomic E-state index is 12.7. The number of aliphatic carboxylic acids is 1. The second-order valence-electron chi connectivity index (χ2n) is 7.29. The van der Waals surface area contributed by atoms with Crippen LogP contribution in [0.5, 0.6) is 0 Å². The number of aryl methyl sites for hydroxylation is 1. The van der Waals surface area contributed by atoms with Crippen LogP contribution in [0.3, 0.4) is 0 Å². The molecule has 3 saturated heterocycles. The number of carbonyl (C=O) groups is 2. The Hall–Kier alpha value is -2.14. The number of fused-ring (bicyclic) bond motifs is 1. The Morgan fingerprint density at radius 3 is 2.39 bits per heavy atom. The molecule has 4 heterocycles. The van der Waals surface area contributed by atoms with Crippen molar-refractivity contribution in [3.05, 3.63) is 12.4 Å². The number of anilines is 1. The maximum Gasteiger partial charge on any atom is 0.490 e. The fourth-order valence-corrected chi connectivity index (χ4v) is 4.02. The van der Waals surface area contributed by atoms with Crippen LogP contribution in [0.15, 0.2) is 12.4 Å². The van der Waals surface area contributed by atoms with Crippen LogP contribution in [-0.2, 0) is 21.4 Å². The second kappa shape index (κ2) is 8.08. The number of nitrogens with zero attached hydrogens (tertiary/aromatic N) is 4. The summed E-state index contributed by atoms with van der Waals surface area (Å²) in [7, 11) is 1.89. The molecular weight excluding hydrogens is 381 g/mol. The van der Waals surface area contributed by atoms with E-state index in [0.717, 1.165) is 51.4 Å². The monoisotopic (exact) mass is 404 g/mol. The lowest BCUT2D eigenvalue weighted by Crippen LogP contribution is -2.40. The number of amides is 1. The van der Waals surface area contributed by atoms with E-state index >= 15 is 0 Å². The highest BCUT2D eigenvalue weighted by atomic mass is 19.4. The molecule has 0 saturated carbocycles. The van der Waals surface area contributed by atoms with Gasteiger partial charge in [-0.1, -0.05) is 0 Å². The van der Waals surface area contributed by atoms with Crippen LogP contribution in [0.2, 0.25) is 0 Å². The Morgan fingerprint density at radius 1 is 1.25 bits per heavy atom. The van der Waals surface area contributed by atoms with Gasteiger partial charge in [0.2, 0.25) is 5.91 Å². The molecule has 1 aromatic heterocycles. The molecule has 8 nitrogen and oxygen atoms in total. The second-order valence-corrected chi connectivity index (χ2v) is 7.29. The van der Waals surface area contributed by atoms with E-state index in [2.05, 4.69) is 10.00 Å². The van der Waals surface area contributed by atoms with E-state index < -0.39 is 12.1 Å². The van der Waals surface area contributed by atoms with Gasteiger partial charge >= 0.3 is 12.1 Å². The van der Waals surface area contributed by atoms with Crippen LogP contribution in [0.1, 0.15) is 12.8 Å². The number of alkyl halides is 3. The van der Waals surface area contributed by atoms with Gasteiger partial charge in [0.05, 0.1) is 17.8 Å². The first kappa shape index (κ1) is 20.6. The zero-order valence-corrected chi connectivity index (χ0v) is 15.4. The molecule has 0 aromatic carbocycles. The first-order valence-corrected chi connectivity index (χ1v) is 9.08. The van der Waals surface area contributed by atoms with Crippen LogP contribution < -0.4 is 4.90 Å². The molecule has 1 N–H and O–H groups in total. The summed E-state index contributed by atoms with van der Waals surface area (Å²) in [6, 6.07) is 0.615.